The van der Waals surface area contributed by atoms with Crippen LogP contribution in [0.1, 0.15) is 50.2 Å². The van der Waals surface area contributed by atoms with Crippen LogP contribution in [0.5, 0.6) is 5.75 Å². The molecule has 24 heavy (non-hydrogen) atoms. The van der Waals surface area contributed by atoms with E-state index in [-0.39, 0.29) is 5.92 Å². The fourth-order valence-electron chi connectivity index (χ4n) is 6.21. The number of alkyl halides is 1. The van der Waals surface area contributed by atoms with Crippen molar-refractivity contribution in [2.75, 3.05) is 0 Å². The van der Waals surface area contributed by atoms with E-state index in [1.165, 1.54) is 11.1 Å². The summed E-state index contributed by atoms with van der Waals surface area (Å²) in [6.07, 6.45) is 7.14. The number of hydrogen-bond donors (Lipinski definition) is 2. The van der Waals surface area contributed by atoms with Crippen LogP contribution in [0.15, 0.2) is 18.2 Å². The molecule has 0 amide bonds. The summed E-state index contributed by atoms with van der Waals surface area (Å²) in [5, 5.41) is 20.7. The molecule has 3 aliphatic rings. The molecule has 0 aromatic heterocycles. The quantitative estimate of drug-likeness (QED) is 0.711. The van der Waals surface area contributed by atoms with Crippen LogP contribution in [-0.4, -0.2) is 22.0 Å². The highest BCUT2D eigenvalue weighted by molar-refractivity contribution is 5.41. The number of aromatic hydroxyl groups is 1. The summed E-state index contributed by atoms with van der Waals surface area (Å²) in [5.74, 6) is 3.92. The average molecular weight is 328 g/mol. The molecule has 0 spiro atoms. The Morgan fingerprint density at radius 1 is 1.38 bits per heavy atom. The summed E-state index contributed by atoms with van der Waals surface area (Å²) in [6.45, 7) is 4.21. The predicted octanol–water partition coefficient (Wildman–Crippen LogP) is 3.81. The van der Waals surface area contributed by atoms with E-state index >= 15 is 0 Å². The number of benzene rings is 1. The predicted molar refractivity (Wildman–Crippen MR) is 91.3 cm³/mol. The van der Waals surface area contributed by atoms with Crippen molar-refractivity contribution in [1.82, 2.24) is 0 Å². The maximum absolute atomic E-state index is 14.7. The Morgan fingerprint density at radius 3 is 2.83 bits per heavy atom. The van der Waals surface area contributed by atoms with Crippen molar-refractivity contribution < 1.29 is 14.6 Å². The molecular weight excluding hydrogens is 303 g/mol. The topological polar surface area (TPSA) is 40.5 Å². The zero-order chi connectivity index (χ0) is 17.3. The van der Waals surface area contributed by atoms with Crippen LogP contribution >= 0.6 is 0 Å². The maximum Gasteiger partial charge on any atom is 0.161 e. The number of fused-ring (bicyclic) bond motifs is 5. The van der Waals surface area contributed by atoms with E-state index in [0.29, 0.717) is 29.9 Å². The number of rotatable bonds is 0. The van der Waals surface area contributed by atoms with Crippen molar-refractivity contribution in [2.24, 2.45) is 23.2 Å². The third-order valence-electron chi connectivity index (χ3n) is 7.45. The minimum atomic E-state index is -1.64. The number of terminal acetylenes is 1. The van der Waals surface area contributed by atoms with E-state index in [4.69, 9.17) is 6.42 Å². The third-order valence-corrected chi connectivity index (χ3v) is 7.45. The van der Waals surface area contributed by atoms with Gasteiger partial charge in [-0.3, -0.25) is 0 Å². The van der Waals surface area contributed by atoms with Crippen LogP contribution in [0, 0.1) is 35.5 Å². The van der Waals surface area contributed by atoms with Crippen molar-refractivity contribution in [3.05, 3.63) is 29.3 Å². The first kappa shape index (κ1) is 16.0. The Morgan fingerprint density at radius 2 is 2.12 bits per heavy atom. The van der Waals surface area contributed by atoms with Crippen LogP contribution in [0.2, 0.25) is 0 Å². The van der Waals surface area contributed by atoms with Gasteiger partial charge in [0.25, 0.3) is 0 Å². The van der Waals surface area contributed by atoms with Gasteiger partial charge in [-0.2, -0.15) is 0 Å². The highest BCUT2D eigenvalue weighted by Crippen LogP contribution is 2.65. The second-order valence-electron chi connectivity index (χ2n) is 8.42. The van der Waals surface area contributed by atoms with Gasteiger partial charge in [-0.15, -0.1) is 6.42 Å². The molecule has 0 saturated heterocycles. The molecular formula is C21H25FO2. The summed E-state index contributed by atoms with van der Waals surface area (Å²) in [4.78, 5) is 0. The largest absolute Gasteiger partial charge is 0.508 e. The molecule has 0 radical (unpaired) electrons. The summed E-state index contributed by atoms with van der Waals surface area (Å²) < 4.78 is 14.7. The van der Waals surface area contributed by atoms with Gasteiger partial charge in [0.2, 0.25) is 0 Å². The molecule has 3 heteroatoms. The molecule has 2 N–H and O–H groups in total. The Kier molecular flexibility index (Phi) is 3.32. The minimum Gasteiger partial charge on any atom is -0.508 e. The SMILES string of the molecule is C#C[C@]1(O)[C@@H](F)C[C@H]2[C@@H]3[C@H](C)Cc4cc(O)ccc4[C@H]3CC[C@@]21C. The smallest absolute Gasteiger partial charge is 0.161 e. The Balaban J connectivity index is 1.79. The van der Waals surface area contributed by atoms with E-state index in [9.17, 15) is 14.6 Å². The third kappa shape index (κ3) is 1.81. The van der Waals surface area contributed by atoms with Crippen LogP contribution in [0.4, 0.5) is 4.39 Å². The lowest BCUT2D eigenvalue weighted by atomic mass is 9.51. The van der Waals surface area contributed by atoms with Crippen molar-refractivity contribution in [3.8, 4) is 18.1 Å². The molecule has 3 aliphatic carbocycles. The van der Waals surface area contributed by atoms with Crippen molar-refractivity contribution in [1.29, 1.82) is 0 Å². The van der Waals surface area contributed by atoms with Crippen molar-refractivity contribution in [3.63, 3.8) is 0 Å². The van der Waals surface area contributed by atoms with Gasteiger partial charge < -0.3 is 10.2 Å². The van der Waals surface area contributed by atoms with E-state index in [2.05, 4.69) is 12.8 Å². The Labute approximate surface area is 143 Å². The molecule has 2 fully saturated rings. The van der Waals surface area contributed by atoms with Gasteiger partial charge in [-0.25, -0.2) is 4.39 Å². The Bertz CT molecular complexity index is 723. The number of phenols is 1. The first-order chi connectivity index (χ1) is 11.3. The maximum atomic E-state index is 14.7. The molecule has 0 aliphatic heterocycles. The molecule has 1 aromatic rings. The zero-order valence-electron chi connectivity index (χ0n) is 14.3. The standard InChI is InChI=1S/C21H25FO2/c1-4-21(24)18(22)11-17-19-12(2)9-13-10-14(23)5-6-15(13)16(19)7-8-20(17,21)3/h1,5-6,10,12,16-19,23-24H,7-9,11H2,2-3H3/t12-,16-,17+,18+,19-,20+,21+/m1/s1. The molecule has 1 aromatic carbocycles. The average Bonchev–Trinajstić information content (AvgIpc) is 2.75. The molecule has 4 rings (SSSR count). The number of aliphatic hydroxyl groups is 1. The minimum absolute atomic E-state index is 0.101. The van der Waals surface area contributed by atoms with Gasteiger partial charge in [0.15, 0.2) is 5.60 Å². The molecule has 128 valence electrons. The molecule has 0 unspecified atom stereocenters. The van der Waals surface area contributed by atoms with Gasteiger partial charge in [0.05, 0.1) is 0 Å². The van der Waals surface area contributed by atoms with E-state index in [1.807, 2.05) is 19.1 Å². The summed E-state index contributed by atoms with van der Waals surface area (Å²) in [7, 11) is 0. The van der Waals surface area contributed by atoms with E-state index in [0.717, 1.165) is 19.3 Å². The highest BCUT2D eigenvalue weighted by Gasteiger charge is 2.66. The molecule has 0 bridgehead atoms. The first-order valence-electron chi connectivity index (χ1n) is 8.98. The lowest BCUT2D eigenvalue weighted by Crippen LogP contribution is -2.53. The monoisotopic (exact) mass is 328 g/mol. The second-order valence-corrected chi connectivity index (χ2v) is 8.42. The molecule has 0 heterocycles. The normalized spacial score (nSPS) is 46.5. The van der Waals surface area contributed by atoms with Gasteiger partial charge >= 0.3 is 0 Å². The Hall–Kier alpha value is -1.53. The fourth-order valence-corrected chi connectivity index (χ4v) is 6.21. The second kappa shape index (κ2) is 4.99. The summed E-state index contributed by atoms with van der Waals surface area (Å²) in [6, 6.07) is 5.66. The van der Waals surface area contributed by atoms with Crippen LogP contribution < -0.4 is 0 Å². The van der Waals surface area contributed by atoms with E-state index in [1.54, 1.807) is 6.07 Å². The number of hydrogen-bond acceptors (Lipinski definition) is 2. The zero-order valence-corrected chi connectivity index (χ0v) is 14.3. The van der Waals surface area contributed by atoms with Gasteiger partial charge in [0, 0.05) is 5.41 Å². The van der Waals surface area contributed by atoms with E-state index < -0.39 is 17.2 Å². The summed E-state index contributed by atoms with van der Waals surface area (Å²) in [5.41, 5.74) is 0.321. The first-order valence-corrected chi connectivity index (χ1v) is 8.98. The summed E-state index contributed by atoms with van der Waals surface area (Å²) >= 11 is 0. The van der Waals surface area contributed by atoms with Gasteiger partial charge in [-0.1, -0.05) is 25.8 Å². The molecule has 7 atom stereocenters. The van der Waals surface area contributed by atoms with Crippen LogP contribution in [0.25, 0.3) is 0 Å². The van der Waals surface area contributed by atoms with Crippen LogP contribution in [0.3, 0.4) is 0 Å². The molecule has 2 saturated carbocycles. The number of phenolic OH excluding ortho intramolecular Hbond substituents is 1. The van der Waals surface area contributed by atoms with Gasteiger partial charge in [0.1, 0.15) is 11.9 Å². The highest BCUT2D eigenvalue weighted by atomic mass is 19.1. The molecule has 2 nitrogen and oxygen atoms in total. The number of halogens is 1. The lowest BCUT2D eigenvalue weighted by molar-refractivity contribution is -0.0905. The van der Waals surface area contributed by atoms with Gasteiger partial charge in [-0.05, 0) is 72.6 Å². The fraction of sp³-hybridized carbons (Fsp3) is 0.619. The lowest BCUT2D eigenvalue weighted by Gasteiger charge is -2.53. The van der Waals surface area contributed by atoms with Crippen molar-refractivity contribution in [2.45, 2.75) is 57.2 Å². The van der Waals surface area contributed by atoms with Crippen molar-refractivity contribution >= 4 is 0 Å². The van der Waals surface area contributed by atoms with Crippen LogP contribution in [-0.2, 0) is 6.42 Å².